The highest BCUT2D eigenvalue weighted by molar-refractivity contribution is 7.10. The number of aliphatic hydroxyl groups excluding tert-OH is 1. The van der Waals surface area contributed by atoms with Gasteiger partial charge in [-0.1, -0.05) is 0 Å². The van der Waals surface area contributed by atoms with Crippen molar-refractivity contribution in [3.63, 3.8) is 0 Å². The first-order chi connectivity index (χ1) is 9.11. The summed E-state index contributed by atoms with van der Waals surface area (Å²) in [4.78, 5) is 17.7. The molecule has 0 fully saturated rings. The fourth-order valence-corrected chi connectivity index (χ4v) is 3.27. The van der Waals surface area contributed by atoms with Crippen LogP contribution in [0.1, 0.15) is 24.3 Å². The second-order valence-corrected chi connectivity index (χ2v) is 6.22. The minimum Gasteiger partial charge on any atom is -0.395 e. The molecular weight excluding hydrogens is 260 g/mol. The van der Waals surface area contributed by atoms with Crippen molar-refractivity contribution in [2.24, 2.45) is 0 Å². The maximum absolute atomic E-state index is 12.3. The van der Waals surface area contributed by atoms with Crippen molar-refractivity contribution in [1.82, 2.24) is 9.80 Å². The zero-order valence-corrected chi connectivity index (χ0v) is 12.4. The van der Waals surface area contributed by atoms with Crippen molar-refractivity contribution in [3.05, 3.63) is 21.9 Å². The maximum atomic E-state index is 12.3. The SMILES string of the molecule is CC(C)N(CCO)CC(=O)N1CCc2sccc2C1. The van der Waals surface area contributed by atoms with E-state index in [1.165, 1.54) is 10.4 Å². The predicted octanol–water partition coefficient (Wildman–Crippen LogP) is 1.34. The normalized spacial score (nSPS) is 15.1. The Morgan fingerprint density at radius 2 is 2.37 bits per heavy atom. The minimum atomic E-state index is 0.0974. The van der Waals surface area contributed by atoms with E-state index in [1.807, 2.05) is 9.80 Å². The van der Waals surface area contributed by atoms with Crippen molar-refractivity contribution in [1.29, 1.82) is 0 Å². The smallest absolute Gasteiger partial charge is 0.237 e. The van der Waals surface area contributed by atoms with Gasteiger partial charge in [-0.15, -0.1) is 11.3 Å². The summed E-state index contributed by atoms with van der Waals surface area (Å²) < 4.78 is 0. The first-order valence-corrected chi connectivity index (χ1v) is 7.67. The van der Waals surface area contributed by atoms with Gasteiger partial charge >= 0.3 is 0 Å². The summed E-state index contributed by atoms with van der Waals surface area (Å²) in [7, 11) is 0. The highest BCUT2D eigenvalue weighted by atomic mass is 32.1. The van der Waals surface area contributed by atoms with Crippen LogP contribution in [0.4, 0.5) is 0 Å². The van der Waals surface area contributed by atoms with Crippen LogP contribution in [0.15, 0.2) is 11.4 Å². The molecule has 1 N–H and O–H groups in total. The fraction of sp³-hybridized carbons (Fsp3) is 0.643. The summed E-state index contributed by atoms with van der Waals surface area (Å²) in [6.45, 7) is 6.71. The van der Waals surface area contributed by atoms with E-state index in [9.17, 15) is 4.79 Å². The van der Waals surface area contributed by atoms with E-state index >= 15 is 0 Å². The van der Waals surface area contributed by atoms with Crippen molar-refractivity contribution in [2.45, 2.75) is 32.9 Å². The molecule has 0 saturated heterocycles. The van der Waals surface area contributed by atoms with Crippen molar-refractivity contribution >= 4 is 17.2 Å². The van der Waals surface area contributed by atoms with Crippen LogP contribution < -0.4 is 0 Å². The number of hydrogen-bond acceptors (Lipinski definition) is 4. The van der Waals surface area contributed by atoms with Crippen molar-refractivity contribution in [3.8, 4) is 0 Å². The van der Waals surface area contributed by atoms with E-state index < -0.39 is 0 Å². The highest BCUT2D eigenvalue weighted by Crippen LogP contribution is 2.24. The van der Waals surface area contributed by atoms with Gasteiger partial charge < -0.3 is 10.0 Å². The van der Waals surface area contributed by atoms with E-state index in [0.29, 0.717) is 13.1 Å². The zero-order valence-electron chi connectivity index (χ0n) is 11.6. The van der Waals surface area contributed by atoms with Gasteiger partial charge in [0.1, 0.15) is 0 Å². The number of carbonyl (C=O) groups is 1. The molecule has 0 aliphatic carbocycles. The van der Waals surface area contributed by atoms with E-state index in [0.717, 1.165) is 19.5 Å². The molecule has 0 saturated carbocycles. The third-order valence-corrected chi connectivity index (χ3v) is 4.64. The fourth-order valence-electron chi connectivity index (χ4n) is 2.38. The number of carbonyl (C=O) groups excluding carboxylic acids is 1. The Kier molecular flexibility index (Phi) is 4.96. The molecule has 1 aliphatic heterocycles. The molecule has 1 aliphatic rings. The van der Waals surface area contributed by atoms with E-state index in [-0.39, 0.29) is 18.6 Å². The molecule has 0 aromatic carbocycles. The van der Waals surface area contributed by atoms with Crippen LogP contribution in [-0.4, -0.2) is 53.1 Å². The lowest BCUT2D eigenvalue weighted by Crippen LogP contribution is -2.45. The highest BCUT2D eigenvalue weighted by Gasteiger charge is 2.23. The van der Waals surface area contributed by atoms with E-state index in [4.69, 9.17) is 5.11 Å². The monoisotopic (exact) mass is 282 g/mol. The number of aliphatic hydroxyl groups is 1. The number of hydrogen-bond donors (Lipinski definition) is 1. The molecule has 1 amide bonds. The van der Waals surface area contributed by atoms with Gasteiger partial charge in [0.05, 0.1) is 13.2 Å². The lowest BCUT2D eigenvalue weighted by Gasteiger charge is -2.31. The van der Waals surface area contributed by atoms with Crippen LogP contribution in [0, 0.1) is 0 Å². The van der Waals surface area contributed by atoms with Crippen LogP contribution in [0.5, 0.6) is 0 Å². The van der Waals surface area contributed by atoms with Crippen molar-refractivity contribution in [2.75, 3.05) is 26.2 Å². The van der Waals surface area contributed by atoms with Gasteiger partial charge in [-0.2, -0.15) is 0 Å². The maximum Gasteiger partial charge on any atom is 0.237 e. The molecule has 2 rings (SSSR count). The third-order valence-electron chi connectivity index (χ3n) is 3.62. The summed E-state index contributed by atoms with van der Waals surface area (Å²) in [5.41, 5.74) is 1.29. The van der Waals surface area contributed by atoms with Crippen LogP contribution in [0.25, 0.3) is 0 Å². The number of rotatable bonds is 5. The van der Waals surface area contributed by atoms with Gasteiger partial charge in [-0.25, -0.2) is 0 Å². The van der Waals surface area contributed by atoms with Gasteiger partial charge in [0.15, 0.2) is 0 Å². The Bertz CT molecular complexity index is 431. The van der Waals surface area contributed by atoms with Crippen LogP contribution in [0.2, 0.25) is 0 Å². The second-order valence-electron chi connectivity index (χ2n) is 5.22. The van der Waals surface area contributed by atoms with Crippen LogP contribution in [-0.2, 0) is 17.8 Å². The molecule has 0 unspecified atom stereocenters. The number of thiophene rings is 1. The Balaban J connectivity index is 1.93. The lowest BCUT2D eigenvalue weighted by molar-refractivity contribution is -0.133. The van der Waals surface area contributed by atoms with Gasteiger partial charge in [0.2, 0.25) is 5.91 Å². The van der Waals surface area contributed by atoms with Gasteiger partial charge in [-0.05, 0) is 37.3 Å². The molecule has 1 aromatic rings. The number of fused-ring (bicyclic) bond motifs is 1. The summed E-state index contributed by atoms with van der Waals surface area (Å²) >= 11 is 1.78. The summed E-state index contributed by atoms with van der Waals surface area (Å²) in [6, 6.07) is 2.39. The van der Waals surface area contributed by atoms with Crippen LogP contribution >= 0.6 is 11.3 Å². The Morgan fingerprint density at radius 1 is 1.58 bits per heavy atom. The molecule has 0 spiro atoms. The molecule has 0 radical (unpaired) electrons. The largest absolute Gasteiger partial charge is 0.395 e. The number of nitrogens with zero attached hydrogens (tertiary/aromatic N) is 2. The molecule has 0 bridgehead atoms. The molecule has 5 heteroatoms. The Hall–Kier alpha value is -0.910. The zero-order chi connectivity index (χ0) is 13.8. The predicted molar refractivity (Wildman–Crippen MR) is 77.2 cm³/mol. The lowest BCUT2D eigenvalue weighted by atomic mass is 10.1. The van der Waals surface area contributed by atoms with Crippen molar-refractivity contribution < 1.29 is 9.90 Å². The summed E-state index contributed by atoms with van der Waals surface area (Å²) in [5, 5.41) is 11.1. The summed E-state index contributed by atoms with van der Waals surface area (Å²) in [5.74, 6) is 0.166. The topological polar surface area (TPSA) is 43.8 Å². The first-order valence-electron chi connectivity index (χ1n) is 6.79. The third kappa shape index (κ3) is 3.55. The van der Waals surface area contributed by atoms with Gasteiger partial charge in [0.25, 0.3) is 0 Å². The Labute approximate surface area is 118 Å². The molecule has 4 nitrogen and oxygen atoms in total. The number of amides is 1. The molecule has 1 aromatic heterocycles. The summed E-state index contributed by atoms with van der Waals surface area (Å²) in [6.07, 6.45) is 0.973. The van der Waals surface area contributed by atoms with Gasteiger partial charge in [0, 0.05) is 30.6 Å². The van der Waals surface area contributed by atoms with Crippen LogP contribution in [0.3, 0.4) is 0 Å². The minimum absolute atomic E-state index is 0.0974. The molecular formula is C14H22N2O2S. The average molecular weight is 282 g/mol. The molecule has 0 atom stereocenters. The second kappa shape index (κ2) is 6.50. The standard InChI is InChI=1S/C14H22N2O2S/c1-11(2)15(6-7-17)10-14(18)16-5-3-13-12(9-16)4-8-19-13/h4,8,11,17H,3,5-7,9-10H2,1-2H3. The average Bonchev–Trinajstić information content (AvgIpc) is 2.85. The molecule has 2 heterocycles. The van der Waals surface area contributed by atoms with E-state index in [1.54, 1.807) is 11.3 Å². The molecule has 19 heavy (non-hydrogen) atoms. The quantitative estimate of drug-likeness (QED) is 0.886. The first kappa shape index (κ1) is 14.5. The van der Waals surface area contributed by atoms with E-state index in [2.05, 4.69) is 25.3 Å². The molecule has 106 valence electrons. The van der Waals surface area contributed by atoms with Gasteiger partial charge in [-0.3, -0.25) is 9.69 Å². The Morgan fingerprint density at radius 3 is 3.05 bits per heavy atom.